The van der Waals surface area contributed by atoms with Crippen LogP contribution < -0.4 is 15.0 Å². The molecule has 0 aliphatic carbocycles. The highest BCUT2D eigenvalue weighted by molar-refractivity contribution is 5.95. The van der Waals surface area contributed by atoms with Crippen molar-refractivity contribution < 1.29 is 9.13 Å². The molecular weight excluding hydrogens is 521 g/mol. The Morgan fingerprint density at radius 3 is 2.85 bits per heavy atom. The Balaban J connectivity index is 1.15. The van der Waals surface area contributed by atoms with Crippen LogP contribution in [-0.2, 0) is 6.54 Å². The third-order valence-electron chi connectivity index (χ3n) is 8.26. The molecule has 212 valence electrons. The van der Waals surface area contributed by atoms with Gasteiger partial charge in [0, 0.05) is 63.0 Å². The van der Waals surface area contributed by atoms with Crippen LogP contribution in [0, 0.1) is 11.3 Å². The van der Waals surface area contributed by atoms with Gasteiger partial charge in [0.15, 0.2) is 0 Å². The number of likely N-dealkylation sites (tertiary alicyclic amines) is 1. The zero-order chi connectivity index (χ0) is 28.3. The molecule has 0 radical (unpaired) electrons. The van der Waals surface area contributed by atoms with Crippen molar-refractivity contribution in [3.63, 3.8) is 0 Å². The molecule has 3 aromatic heterocycles. The number of alkyl halides is 1. The van der Waals surface area contributed by atoms with Crippen molar-refractivity contribution in [3.05, 3.63) is 65.5 Å². The van der Waals surface area contributed by atoms with Crippen LogP contribution in [0.5, 0.6) is 5.88 Å². The van der Waals surface area contributed by atoms with E-state index in [-0.39, 0.29) is 5.92 Å². The lowest BCUT2D eigenvalue weighted by molar-refractivity contribution is 0.00642. The van der Waals surface area contributed by atoms with Gasteiger partial charge in [0.25, 0.3) is 0 Å². The molecule has 0 aromatic carbocycles. The number of halogens is 1. The second-order valence-corrected chi connectivity index (χ2v) is 10.8. The Morgan fingerprint density at radius 2 is 2.12 bits per heavy atom. The molecule has 2 saturated heterocycles. The maximum Gasteiger partial charge on any atom is 0.212 e. The number of methoxy groups -OCH3 is 1. The Labute approximate surface area is 238 Å². The minimum Gasteiger partial charge on any atom is -0.481 e. The summed E-state index contributed by atoms with van der Waals surface area (Å²) >= 11 is 0. The molecule has 2 fully saturated rings. The van der Waals surface area contributed by atoms with Crippen molar-refractivity contribution in [2.75, 3.05) is 31.6 Å². The summed E-state index contributed by atoms with van der Waals surface area (Å²) < 4.78 is 20.9. The van der Waals surface area contributed by atoms with E-state index in [1.54, 1.807) is 24.0 Å². The zero-order valence-corrected chi connectivity index (χ0v) is 23.3. The first-order valence-electron chi connectivity index (χ1n) is 14.1. The first-order chi connectivity index (χ1) is 20.1. The van der Waals surface area contributed by atoms with Crippen molar-refractivity contribution in [2.24, 2.45) is 9.98 Å². The Kier molecular flexibility index (Phi) is 7.65. The highest BCUT2D eigenvalue weighted by atomic mass is 19.1. The number of pyridine rings is 2. The van der Waals surface area contributed by atoms with Gasteiger partial charge >= 0.3 is 0 Å². The Bertz CT molecular complexity index is 1520. The number of nitrogens with zero attached hydrogens (tertiary/aromatic N) is 8. The van der Waals surface area contributed by atoms with E-state index in [4.69, 9.17) is 9.73 Å². The van der Waals surface area contributed by atoms with Gasteiger partial charge < -0.3 is 15.0 Å². The Hall–Kier alpha value is -4.30. The normalized spacial score (nSPS) is 24.1. The number of nitriles is 1. The molecule has 1 N–H and O–H groups in total. The summed E-state index contributed by atoms with van der Waals surface area (Å²) in [6, 6.07) is 9.15. The van der Waals surface area contributed by atoms with Gasteiger partial charge in [-0.1, -0.05) is 13.0 Å². The van der Waals surface area contributed by atoms with E-state index in [1.807, 2.05) is 41.9 Å². The molecule has 10 nitrogen and oxygen atoms in total. The largest absolute Gasteiger partial charge is 0.481 e. The van der Waals surface area contributed by atoms with E-state index >= 15 is 0 Å². The highest BCUT2D eigenvalue weighted by Crippen LogP contribution is 2.32. The number of aliphatic imine (C=N–C) groups is 2. The monoisotopic (exact) mass is 555 g/mol. The minimum absolute atomic E-state index is 0.271. The van der Waals surface area contributed by atoms with Crippen molar-refractivity contribution in [1.82, 2.24) is 24.8 Å². The highest BCUT2D eigenvalue weighted by Gasteiger charge is 2.36. The molecule has 6 rings (SSSR count). The topological polar surface area (TPSA) is 106 Å². The average molecular weight is 556 g/mol. The number of anilines is 1. The number of rotatable bonds is 9. The number of hydrogen-bond donors (Lipinski definition) is 1. The number of nitrogens with one attached hydrogen (secondary N) is 1. The van der Waals surface area contributed by atoms with Crippen LogP contribution in [0.25, 0.3) is 5.52 Å². The predicted octanol–water partition coefficient (Wildman–Crippen LogP) is 3.84. The lowest BCUT2D eigenvalue weighted by atomic mass is 9.90. The molecule has 0 saturated carbocycles. The van der Waals surface area contributed by atoms with E-state index < -0.39 is 6.17 Å². The molecule has 3 aliphatic heterocycles. The third-order valence-corrected chi connectivity index (χ3v) is 8.26. The van der Waals surface area contributed by atoms with Crippen molar-refractivity contribution in [2.45, 2.75) is 56.9 Å². The van der Waals surface area contributed by atoms with Crippen LogP contribution in [0.2, 0.25) is 0 Å². The van der Waals surface area contributed by atoms with Gasteiger partial charge in [-0.05, 0) is 36.5 Å². The summed E-state index contributed by atoms with van der Waals surface area (Å²) in [4.78, 5) is 18.2. The summed E-state index contributed by atoms with van der Waals surface area (Å²) in [6.07, 6.45) is 12.6. The van der Waals surface area contributed by atoms with Gasteiger partial charge in [-0.3, -0.25) is 9.89 Å². The molecule has 3 aromatic rings. The van der Waals surface area contributed by atoms with Gasteiger partial charge in [-0.15, -0.1) is 0 Å². The Morgan fingerprint density at radius 1 is 1.22 bits per heavy atom. The van der Waals surface area contributed by atoms with Crippen LogP contribution in [0.3, 0.4) is 0 Å². The summed E-state index contributed by atoms with van der Waals surface area (Å²) in [6.45, 7) is 4.82. The number of aromatic nitrogens is 3. The van der Waals surface area contributed by atoms with Crippen LogP contribution in [-0.4, -0.2) is 76.9 Å². The average Bonchev–Trinajstić information content (AvgIpc) is 3.54. The fourth-order valence-electron chi connectivity index (χ4n) is 5.95. The fraction of sp³-hybridized carbons (Fsp3) is 0.433. The maximum atomic E-state index is 14.0. The van der Waals surface area contributed by atoms with Gasteiger partial charge in [0.05, 0.1) is 48.4 Å². The van der Waals surface area contributed by atoms with Crippen molar-refractivity contribution >= 4 is 23.6 Å². The predicted molar refractivity (Wildman–Crippen MR) is 156 cm³/mol. The van der Waals surface area contributed by atoms with Gasteiger partial charge in [0.2, 0.25) is 5.88 Å². The fourth-order valence-corrected chi connectivity index (χ4v) is 5.95. The summed E-state index contributed by atoms with van der Waals surface area (Å²) in [5, 5.41) is 17.6. The van der Waals surface area contributed by atoms with Gasteiger partial charge in [-0.2, -0.15) is 10.4 Å². The standard InChI is InChI=1S/C30H34FN9O/c1-3-24-8-25(39(24)17-20-4-5-29(41-2)36-11-20)15-35-28-16-33-12-22(13-34-28)27-9-26(38-7-6-23(31)18-38)19-40-30(27)21(10-32)14-37-40/h4-5,9,11-14,16,19,22-25,35H,3,6-8,15,17-18H2,1-2H3. The van der Waals surface area contributed by atoms with Crippen LogP contribution >= 0.6 is 0 Å². The molecule has 4 atom stereocenters. The van der Waals surface area contributed by atoms with Crippen molar-refractivity contribution in [1.29, 1.82) is 5.26 Å². The second-order valence-electron chi connectivity index (χ2n) is 10.8. The third kappa shape index (κ3) is 5.52. The van der Waals surface area contributed by atoms with Gasteiger partial charge in [-0.25, -0.2) is 18.9 Å². The first kappa shape index (κ1) is 26.9. The van der Waals surface area contributed by atoms with E-state index in [0.29, 0.717) is 48.9 Å². The van der Waals surface area contributed by atoms with Gasteiger partial charge in [0.1, 0.15) is 18.1 Å². The second kappa shape index (κ2) is 11.7. The van der Waals surface area contributed by atoms with Crippen LogP contribution in [0.15, 0.2) is 58.8 Å². The molecule has 3 aliphatic rings. The van der Waals surface area contributed by atoms with E-state index in [0.717, 1.165) is 48.3 Å². The SMILES string of the molecule is CCC1CC(CNC2=CN=CC(c3cc(N4CCC(F)C4)cn4ncc(C#N)c34)C=N2)N1Cc1ccc(OC)nc1. The van der Waals surface area contributed by atoms with Crippen LogP contribution in [0.1, 0.15) is 48.8 Å². The summed E-state index contributed by atoms with van der Waals surface area (Å²) in [5.74, 6) is 1.04. The lowest BCUT2D eigenvalue weighted by Gasteiger charge is -2.49. The smallest absolute Gasteiger partial charge is 0.212 e. The number of fused-ring (bicyclic) bond motifs is 1. The van der Waals surface area contributed by atoms with E-state index in [2.05, 4.69) is 44.4 Å². The molecule has 0 bridgehead atoms. The number of hydrogen-bond acceptors (Lipinski definition) is 9. The molecule has 6 heterocycles. The first-order valence-corrected chi connectivity index (χ1v) is 14.1. The molecule has 4 unspecified atom stereocenters. The molecule has 0 spiro atoms. The van der Waals surface area contributed by atoms with E-state index in [9.17, 15) is 9.65 Å². The van der Waals surface area contributed by atoms with Crippen LogP contribution in [0.4, 0.5) is 10.1 Å². The molecule has 41 heavy (non-hydrogen) atoms. The lowest BCUT2D eigenvalue weighted by Crippen LogP contribution is -2.58. The summed E-state index contributed by atoms with van der Waals surface area (Å²) in [7, 11) is 1.62. The molecule has 0 amide bonds. The minimum atomic E-state index is -0.840. The summed E-state index contributed by atoms with van der Waals surface area (Å²) in [5.41, 5.74) is 4.10. The molecular formula is C30H34FN9O. The van der Waals surface area contributed by atoms with Crippen molar-refractivity contribution in [3.8, 4) is 11.9 Å². The number of ether oxygens (including phenoxy) is 1. The maximum absolute atomic E-state index is 14.0. The molecule has 11 heteroatoms. The quantitative estimate of drug-likeness (QED) is 0.428. The van der Waals surface area contributed by atoms with E-state index in [1.165, 1.54) is 0 Å². The zero-order valence-electron chi connectivity index (χ0n) is 23.3.